The van der Waals surface area contributed by atoms with Gasteiger partial charge in [-0.15, -0.1) is 0 Å². The van der Waals surface area contributed by atoms with E-state index in [0.29, 0.717) is 0 Å². The van der Waals surface area contributed by atoms with Gasteiger partial charge in [-0.1, -0.05) is 51.3 Å². The summed E-state index contributed by atoms with van der Waals surface area (Å²) in [5.74, 6) is 0.805. The predicted octanol–water partition coefficient (Wildman–Crippen LogP) is 4.85. The molecule has 2 aromatic rings. The number of aryl methyl sites for hydroxylation is 1. The zero-order chi connectivity index (χ0) is 15.1. The Morgan fingerprint density at radius 2 is 2.00 bits per heavy atom. The first-order valence-corrected chi connectivity index (χ1v) is 8.30. The van der Waals surface area contributed by atoms with Gasteiger partial charge in [-0.25, -0.2) is 0 Å². The van der Waals surface area contributed by atoms with Crippen molar-refractivity contribution in [3.8, 4) is 0 Å². The minimum absolute atomic E-state index is 0.805. The van der Waals surface area contributed by atoms with Gasteiger partial charge in [-0.3, -0.25) is 4.98 Å². The lowest BCUT2D eigenvalue weighted by Gasteiger charge is -2.16. The number of nitrogens with one attached hydrogen (secondary N) is 1. The number of nitrogens with zero attached hydrogens (tertiary/aromatic N) is 1. The average molecular weight is 284 g/mol. The summed E-state index contributed by atoms with van der Waals surface area (Å²) < 4.78 is 0. The fourth-order valence-corrected chi connectivity index (χ4v) is 2.90. The van der Waals surface area contributed by atoms with Crippen LogP contribution in [-0.4, -0.2) is 11.5 Å². The Morgan fingerprint density at radius 1 is 1.19 bits per heavy atom. The lowest BCUT2D eigenvalue weighted by atomic mass is 9.99. The Labute approximate surface area is 129 Å². The smallest absolute Gasteiger partial charge is 0.0708 e. The van der Waals surface area contributed by atoms with Crippen LogP contribution in [0, 0.1) is 12.8 Å². The molecule has 2 rings (SSSR count). The summed E-state index contributed by atoms with van der Waals surface area (Å²) in [6, 6.07) is 10.6. The monoisotopic (exact) mass is 284 g/mol. The van der Waals surface area contributed by atoms with E-state index >= 15 is 0 Å². The first-order chi connectivity index (χ1) is 10.2. The van der Waals surface area contributed by atoms with E-state index in [9.17, 15) is 0 Å². The molecule has 0 spiro atoms. The predicted molar refractivity (Wildman–Crippen MR) is 91.5 cm³/mol. The number of hydrogen-bond acceptors (Lipinski definition) is 2. The molecule has 0 bridgehead atoms. The molecular weight excluding hydrogens is 256 g/mol. The molecule has 1 aromatic carbocycles. The van der Waals surface area contributed by atoms with E-state index in [1.165, 1.54) is 36.6 Å². The molecule has 0 saturated heterocycles. The largest absolute Gasteiger partial charge is 0.312 e. The molecule has 1 aromatic heterocycles. The van der Waals surface area contributed by atoms with Crippen LogP contribution in [0.25, 0.3) is 10.9 Å². The van der Waals surface area contributed by atoms with Crippen molar-refractivity contribution in [2.75, 3.05) is 6.54 Å². The van der Waals surface area contributed by atoms with Crippen molar-refractivity contribution >= 4 is 10.9 Å². The number of pyridine rings is 1. The summed E-state index contributed by atoms with van der Waals surface area (Å²) in [6.45, 7) is 8.70. The number of unbranched alkanes of at least 4 members (excludes halogenated alkanes) is 1. The zero-order valence-electron chi connectivity index (χ0n) is 13.7. The van der Waals surface area contributed by atoms with E-state index in [1.54, 1.807) is 0 Å². The lowest BCUT2D eigenvalue weighted by Crippen LogP contribution is -2.22. The van der Waals surface area contributed by atoms with Crippen LogP contribution in [0.15, 0.2) is 30.3 Å². The van der Waals surface area contributed by atoms with Gasteiger partial charge in [0.15, 0.2) is 0 Å². The highest BCUT2D eigenvalue weighted by atomic mass is 14.9. The third-order valence-electron chi connectivity index (χ3n) is 4.22. The minimum Gasteiger partial charge on any atom is -0.312 e. The molecule has 0 aliphatic carbocycles. The first-order valence-electron chi connectivity index (χ1n) is 8.30. The van der Waals surface area contributed by atoms with Crippen molar-refractivity contribution < 1.29 is 0 Å². The van der Waals surface area contributed by atoms with Gasteiger partial charge < -0.3 is 5.32 Å². The van der Waals surface area contributed by atoms with Crippen molar-refractivity contribution in [1.82, 2.24) is 10.3 Å². The van der Waals surface area contributed by atoms with Crippen LogP contribution in [0.4, 0.5) is 0 Å². The highest BCUT2D eigenvalue weighted by Crippen LogP contribution is 2.18. The van der Waals surface area contributed by atoms with Crippen molar-refractivity contribution in [1.29, 1.82) is 0 Å². The van der Waals surface area contributed by atoms with Crippen LogP contribution in [0.2, 0.25) is 0 Å². The van der Waals surface area contributed by atoms with Crippen LogP contribution in [0.3, 0.4) is 0 Å². The fraction of sp³-hybridized carbons (Fsp3) is 0.526. The number of para-hydroxylation sites is 1. The van der Waals surface area contributed by atoms with Gasteiger partial charge in [0.25, 0.3) is 0 Å². The van der Waals surface area contributed by atoms with Crippen molar-refractivity contribution in [2.45, 2.75) is 53.0 Å². The van der Waals surface area contributed by atoms with Crippen molar-refractivity contribution in [2.24, 2.45) is 5.92 Å². The highest BCUT2D eigenvalue weighted by molar-refractivity contribution is 5.82. The van der Waals surface area contributed by atoms with Gasteiger partial charge >= 0.3 is 0 Å². The maximum Gasteiger partial charge on any atom is 0.0708 e. The maximum atomic E-state index is 4.61. The Hall–Kier alpha value is -1.41. The SMILES string of the molecule is CCCCC(CC)CNCc1cc(C)nc2ccccc12. The standard InChI is InChI=1S/C19H28N2/c1-4-6-9-16(5-2)13-20-14-17-12-15(3)21-19-11-8-7-10-18(17)19/h7-8,10-12,16,20H,4-6,9,13-14H2,1-3H3. The molecule has 0 amide bonds. The molecule has 1 atom stereocenters. The molecule has 0 radical (unpaired) electrons. The van der Waals surface area contributed by atoms with Crippen LogP contribution in [0.1, 0.15) is 50.8 Å². The van der Waals surface area contributed by atoms with Crippen LogP contribution in [0.5, 0.6) is 0 Å². The summed E-state index contributed by atoms with van der Waals surface area (Å²) in [5, 5.41) is 4.93. The molecule has 0 aliphatic heterocycles. The van der Waals surface area contributed by atoms with E-state index < -0.39 is 0 Å². The zero-order valence-corrected chi connectivity index (χ0v) is 13.7. The molecule has 0 saturated carbocycles. The van der Waals surface area contributed by atoms with Gasteiger partial charge in [0.1, 0.15) is 0 Å². The van der Waals surface area contributed by atoms with Gasteiger partial charge in [-0.05, 0) is 43.5 Å². The van der Waals surface area contributed by atoms with Gasteiger partial charge in [0.2, 0.25) is 0 Å². The molecule has 0 fully saturated rings. The van der Waals surface area contributed by atoms with Crippen molar-refractivity contribution in [3.63, 3.8) is 0 Å². The van der Waals surface area contributed by atoms with E-state index in [4.69, 9.17) is 0 Å². The Bertz CT molecular complexity index is 562. The lowest BCUT2D eigenvalue weighted by molar-refractivity contribution is 0.419. The number of benzene rings is 1. The number of rotatable bonds is 8. The fourth-order valence-electron chi connectivity index (χ4n) is 2.90. The quantitative estimate of drug-likeness (QED) is 0.749. The van der Waals surface area contributed by atoms with Gasteiger partial charge in [0.05, 0.1) is 5.52 Å². The van der Waals surface area contributed by atoms with Crippen molar-refractivity contribution in [3.05, 3.63) is 41.6 Å². The molecule has 1 unspecified atom stereocenters. The number of fused-ring (bicyclic) bond motifs is 1. The first kappa shape index (κ1) is 16.0. The molecule has 2 nitrogen and oxygen atoms in total. The van der Waals surface area contributed by atoms with E-state index in [-0.39, 0.29) is 0 Å². The molecule has 0 aliphatic rings. The van der Waals surface area contributed by atoms with Gasteiger partial charge in [0, 0.05) is 17.6 Å². The third-order valence-corrected chi connectivity index (χ3v) is 4.22. The second kappa shape index (κ2) is 8.14. The van der Waals surface area contributed by atoms with Gasteiger partial charge in [-0.2, -0.15) is 0 Å². The van der Waals surface area contributed by atoms with E-state index in [1.807, 2.05) is 0 Å². The maximum absolute atomic E-state index is 4.61. The number of hydrogen-bond donors (Lipinski definition) is 1. The topological polar surface area (TPSA) is 24.9 Å². The van der Waals surface area contributed by atoms with E-state index in [2.05, 4.69) is 61.4 Å². The second-order valence-corrected chi connectivity index (χ2v) is 5.99. The summed E-state index contributed by atoms with van der Waals surface area (Å²) in [5.41, 5.74) is 3.57. The van der Waals surface area contributed by atoms with Crippen LogP contribution >= 0.6 is 0 Å². The van der Waals surface area contributed by atoms with Crippen LogP contribution in [-0.2, 0) is 6.54 Å². The molecule has 114 valence electrons. The average Bonchev–Trinajstić information content (AvgIpc) is 2.50. The Balaban J connectivity index is 2.00. The van der Waals surface area contributed by atoms with E-state index in [0.717, 1.165) is 30.2 Å². The summed E-state index contributed by atoms with van der Waals surface area (Å²) >= 11 is 0. The third kappa shape index (κ3) is 4.53. The molecule has 2 heteroatoms. The highest BCUT2D eigenvalue weighted by Gasteiger charge is 2.07. The van der Waals surface area contributed by atoms with Crippen LogP contribution < -0.4 is 5.32 Å². The second-order valence-electron chi connectivity index (χ2n) is 5.99. The Morgan fingerprint density at radius 3 is 2.76 bits per heavy atom. The normalized spacial score (nSPS) is 12.7. The molecular formula is C19H28N2. The molecule has 21 heavy (non-hydrogen) atoms. The Kier molecular flexibility index (Phi) is 6.19. The summed E-state index contributed by atoms with van der Waals surface area (Å²) in [6.07, 6.45) is 5.25. The summed E-state index contributed by atoms with van der Waals surface area (Å²) in [4.78, 5) is 4.61. The minimum atomic E-state index is 0.805. The number of aromatic nitrogens is 1. The molecule has 1 N–H and O–H groups in total. The summed E-state index contributed by atoms with van der Waals surface area (Å²) in [7, 11) is 0. The molecule has 1 heterocycles.